The third-order valence-electron chi connectivity index (χ3n) is 3.14. The highest BCUT2D eigenvalue weighted by Crippen LogP contribution is 2.34. The molecule has 0 saturated heterocycles. The average Bonchev–Trinajstić information content (AvgIpc) is 2.44. The summed E-state index contributed by atoms with van der Waals surface area (Å²) in [5.74, 6) is 0.484. The molecule has 0 aliphatic heterocycles. The molecule has 0 aromatic heterocycles. The van der Waals surface area contributed by atoms with Crippen LogP contribution in [0, 0.1) is 34.0 Å². The fourth-order valence-corrected chi connectivity index (χ4v) is 1.80. The third-order valence-corrected chi connectivity index (χ3v) is 3.14. The van der Waals surface area contributed by atoms with Crippen LogP contribution in [-0.2, 0) is 10.2 Å². The van der Waals surface area contributed by atoms with E-state index in [-0.39, 0.29) is 11.1 Å². The number of nitrogens with zero attached hydrogens (tertiary/aromatic N) is 3. The molecule has 0 N–H and O–H groups in total. The molecule has 94 valence electrons. The van der Waals surface area contributed by atoms with Gasteiger partial charge in [-0.05, 0) is 31.5 Å². The molecule has 0 fully saturated rings. The molecular formula is C15H13N3O. The number of allylic oxidation sites excluding steroid dienone is 1. The highest BCUT2D eigenvalue weighted by Gasteiger charge is 2.29. The van der Waals surface area contributed by atoms with E-state index < -0.39 is 5.41 Å². The molecule has 19 heavy (non-hydrogen) atoms. The zero-order chi connectivity index (χ0) is 14.6. The van der Waals surface area contributed by atoms with Gasteiger partial charge in [-0.15, -0.1) is 0 Å². The van der Waals surface area contributed by atoms with Crippen LogP contribution in [0.15, 0.2) is 24.5 Å². The van der Waals surface area contributed by atoms with Crippen LogP contribution < -0.4 is 0 Å². The summed E-state index contributed by atoms with van der Waals surface area (Å²) in [6.45, 7) is 7.51. The predicted octanol–water partition coefficient (Wildman–Crippen LogP) is 2.74. The molecule has 1 aromatic carbocycles. The van der Waals surface area contributed by atoms with Gasteiger partial charge in [-0.2, -0.15) is 15.8 Å². The van der Waals surface area contributed by atoms with E-state index in [1.807, 2.05) is 32.1 Å². The van der Waals surface area contributed by atoms with Crippen molar-refractivity contribution in [2.24, 2.45) is 0 Å². The van der Waals surface area contributed by atoms with Crippen LogP contribution in [0.1, 0.15) is 36.1 Å². The van der Waals surface area contributed by atoms with Gasteiger partial charge in [0.1, 0.15) is 12.1 Å². The monoisotopic (exact) mass is 251 g/mol. The standard InChI is InChI=1S/C15H13N3O/c1-10(19-4)15(2,3)14-6-12(8-17)11(7-16)5-13(14)9-18/h5-6H,1H2,2-4H3. The average molecular weight is 251 g/mol. The van der Waals surface area contributed by atoms with Crippen LogP contribution >= 0.6 is 0 Å². The van der Waals surface area contributed by atoms with Crippen LogP contribution in [0.3, 0.4) is 0 Å². The molecule has 0 saturated carbocycles. The van der Waals surface area contributed by atoms with Crippen molar-refractivity contribution in [3.05, 3.63) is 46.7 Å². The minimum absolute atomic E-state index is 0.196. The number of nitriles is 3. The SMILES string of the molecule is C=C(OC)C(C)(C)c1cc(C#N)c(C#N)cc1C#N. The van der Waals surface area contributed by atoms with Gasteiger partial charge in [0.2, 0.25) is 0 Å². The second-order valence-corrected chi connectivity index (χ2v) is 4.53. The summed E-state index contributed by atoms with van der Waals surface area (Å²) in [5.41, 5.74) is 0.783. The highest BCUT2D eigenvalue weighted by molar-refractivity contribution is 5.56. The topological polar surface area (TPSA) is 80.6 Å². The smallest absolute Gasteiger partial charge is 0.101 e. The molecule has 1 aromatic rings. The van der Waals surface area contributed by atoms with E-state index >= 15 is 0 Å². The molecule has 0 radical (unpaired) electrons. The minimum atomic E-state index is -0.626. The molecule has 0 spiro atoms. The van der Waals surface area contributed by atoms with Crippen molar-refractivity contribution in [3.63, 3.8) is 0 Å². The van der Waals surface area contributed by atoms with Gasteiger partial charge in [0.15, 0.2) is 0 Å². The largest absolute Gasteiger partial charge is 0.501 e. The maximum atomic E-state index is 9.21. The Morgan fingerprint density at radius 2 is 1.53 bits per heavy atom. The Morgan fingerprint density at radius 3 is 1.95 bits per heavy atom. The lowest BCUT2D eigenvalue weighted by Gasteiger charge is -2.27. The Hall–Kier alpha value is -2.77. The Kier molecular flexibility index (Phi) is 3.95. The molecule has 0 atom stereocenters. The molecular weight excluding hydrogens is 238 g/mol. The minimum Gasteiger partial charge on any atom is -0.501 e. The second-order valence-electron chi connectivity index (χ2n) is 4.53. The lowest BCUT2D eigenvalue weighted by Crippen LogP contribution is -2.22. The summed E-state index contributed by atoms with van der Waals surface area (Å²) >= 11 is 0. The van der Waals surface area contributed by atoms with E-state index in [0.717, 1.165) is 0 Å². The molecule has 0 amide bonds. The number of ether oxygens (including phenoxy) is 1. The van der Waals surface area contributed by atoms with Gasteiger partial charge >= 0.3 is 0 Å². The molecule has 0 unspecified atom stereocenters. The Balaban J connectivity index is 3.63. The summed E-state index contributed by atoms with van der Waals surface area (Å²) in [4.78, 5) is 0. The van der Waals surface area contributed by atoms with Gasteiger partial charge in [-0.25, -0.2) is 0 Å². The van der Waals surface area contributed by atoms with Crippen molar-refractivity contribution in [1.82, 2.24) is 0 Å². The number of methoxy groups -OCH3 is 1. The zero-order valence-corrected chi connectivity index (χ0v) is 11.1. The van der Waals surface area contributed by atoms with Crippen LogP contribution in [0.25, 0.3) is 0 Å². The van der Waals surface area contributed by atoms with Crippen molar-refractivity contribution >= 4 is 0 Å². The van der Waals surface area contributed by atoms with Crippen LogP contribution in [0.5, 0.6) is 0 Å². The van der Waals surface area contributed by atoms with E-state index in [0.29, 0.717) is 16.9 Å². The quantitative estimate of drug-likeness (QED) is 0.773. The number of rotatable bonds is 3. The highest BCUT2D eigenvalue weighted by atomic mass is 16.5. The zero-order valence-electron chi connectivity index (χ0n) is 11.1. The molecule has 0 aliphatic rings. The Morgan fingerprint density at radius 1 is 1.05 bits per heavy atom. The molecule has 4 nitrogen and oxygen atoms in total. The van der Waals surface area contributed by atoms with E-state index in [1.54, 1.807) is 6.07 Å². The number of hydrogen-bond acceptors (Lipinski definition) is 4. The van der Waals surface area contributed by atoms with Gasteiger partial charge in [-0.1, -0.05) is 6.58 Å². The van der Waals surface area contributed by atoms with E-state index in [4.69, 9.17) is 15.3 Å². The summed E-state index contributed by atoms with van der Waals surface area (Å²) in [6.07, 6.45) is 0. The van der Waals surface area contributed by atoms with Crippen LogP contribution in [-0.4, -0.2) is 7.11 Å². The first-order valence-electron chi connectivity index (χ1n) is 5.54. The van der Waals surface area contributed by atoms with E-state index in [1.165, 1.54) is 13.2 Å². The molecule has 4 heteroatoms. The lowest BCUT2D eigenvalue weighted by molar-refractivity contribution is 0.237. The van der Waals surface area contributed by atoms with Crippen molar-refractivity contribution in [3.8, 4) is 18.2 Å². The second kappa shape index (κ2) is 5.25. The third kappa shape index (κ3) is 2.41. The first-order chi connectivity index (χ1) is 8.92. The van der Waals surface area contributed by atoms with Gasteiger partial charge < -0.3 is 4.74 Å². The molecule has 0 bridgehead atoms. The molecule has 1 rings (SSSR count). The van der Waals surface area contributed by atoms with Crippen LogP contribution in [0.4, 0.5) is 0 Å². The summed E-state index contributed by atoms with van der Waals surface area (Å²) in [5, 5.41) is 27.2. The van der Waals surface area contributed by atoms with Crippen molar-refractivity contribution in [1.29, 1.82) is 15.8 Å². The van der Waals surface area contributed by atoms with Crippen LogP contribution in [0.2, 0.25) is 0 Å². The Bertz CT molecular complexity index is 652. The first-order valence-corrected chi connectivity index (χ1v) is 5.54. The van der Waals surface area contributed by atoms with Crippen molar-refractivity contribution in [2.45, 2.75) is 19.3 Å². The normalized spacial score (nSPS) is 9.89. The lowest BCUT2D eigenvalue weighted by atomic mass is 9.79. The summed E-state index contributed by atoms with van der Waals surface area (Å²) in [7, 11) is 1.50. The number of benzene rings is 1. The fourth-order valence-electron chi connectivity index (χ4n) is 1.80. The summed E-state index contributed by atoms with van der Waals surface area (Å²) < 4.78 is 5.15. The fraction of sp³-hybridized carbons (Fsp3) is 0.267. The maximum Gasteiger partial charge on any atom is 0.101 e. The van der Waals surface area contributed by atoms with Crippen molar-refractivity contribution < 1.29 is 4.74 Å². The predicted molar refractivity (Wildman–Crippen MR) is 69.8 cm³/mol. The van der Waals surface area contributed by atoms with Gasteiger partial charge in [-0.3, -0.25) is 0 Å². The van der Waals surface area contributed by atoms with E-state index in [2.05, 4.69) is 6.58 Å². The van der Waals surface area contributed by atoms with Gasteiger partial charge in [0.25, 0.3) is 0 Å². The van der Waals surface area contributed by atoms with Gasteiger partial charge in [0.05, 0.1) is 35.6 Å². The van der Waals surface area contributed by atoms with Crippen molar-refractivity contribution in [2.75, 3.05) is 7.11 Å². The van der Waals surface area contributed by atoms with Gasteiger partial charge in [0, 0.05) is 5.41 Å². The maximum absolute atomic E-state index is 9.21. The number of hydrogen-bond donors (Lipinski definition) is 0. The van der Waals surface area contributed by atoms with E-state index in [9.17, 15) is 5.26 Å². The Labute approximate surface area is 112 Å². The molecule has 0 aliphatic carbocycles. The molecule has 0 heterocycles. The first kappa shape index (κ1) is 14.3. The summed E-state index contributed by atoms with van der Waals surface area (Å²) in [6, 6.07) is 8.92.